The third kappa shape index (κ3) is 17.0. The van der Waals surface area contributed by atoms with Crippen LogP contribution in [0.2, 0.25) is 0 Å². The molecule has 0 radical (unpaired) electrons. The number of carbonyl (C=O) groups is 2. The van der Waals surface area contributed by atoms with Crippen molar-refractivity contribution in [3.05, 3.63) is 0 Å². The SMILES string of the molecule is CCCCCCCCC(=O)OCCCCCCCCC(=O)O. The summed E-state index contributed by atoms with van der Waals surface area (Å²) in [4.78, 5) is 21.8. The molecule has 4 nitrogen and oxygen atoms in total. The highest BCUT2D eigenvalue weighted by atomic mass is 16.5. The summed E-state index contributed by atoms with van der Waals surface area (Å²) in [5.74, 6) is -0.769. The van der Waals surface area contributed by atoms with E-state index in [2.05, 4.69) is 6.92 Å². The third-order valence-electron chi connectivity index (χ3n) is 3.78. The molecule has 22 heavy (non-hydrogen) atoms. The first-order valence-electron chi connectivity index (χ1n) is 9.04. The highest BCUT2D eigenvalue weighted by Crippen LogP contribution is 2.09. The fraction of sp³-hybridized carbons (Fsp3) is 0.889. The molecular formula is C18H34O4. The summed E-state index contributed by atoms with van der Waals surface area (Å²) in [5.41, 5.74) is 0. The van der Waals surface area contributed by atoms with Gasteiger partial charge in [-0.05, 0) is 19.3 Å². The van der Waals surface area contributed by atoms with E-state index in [0.717, 1.165) is 51.4 Å². The second-order valence-electron chi connectivity index (χ2n) is 6.00. The van der Waals surface area contributed by atoms with E-state index >= 15 is 0 Å². The standard InChI is InChI=1S/C18H34O4/c1-2-3-4-5-9-12-15-18(21)22-16-13-10-7-6-8-11-14-17(19)20/h2-16H2,1H3,(H,19,20). The van der Waals surface area contributed by atoms with E-state index in [1.54, 1.807) is 0 Å². The second kappa shape index (κ2) is 16.3. The molecular weight excluding hydrogens is 280 g/mol. The molecule has 0 aliphatic rings. The molecule has 1 N–H and O–H groups in total. The summed E-state index contributed by atoms with van der Waals surface area (Å²) in [7, 11) is 0. The minimum absolute atomic E-state index is 0.0584. The monoisotopic (exact) mass is 314 g/mol. The van der Waals surface area contributed by atoms with Crippen LogP contribution in [0, 0.1) is 0 Å². The highest BCUT2D eigenvalue weighted by molar-refractivity contribution is 5.69. The van der Waals surface area contributed by atoms with Crippen LogP contribution in [0.3, 0.4) is 0 Å². The molecule has 0 aromatic carbocycles. The van der Waals surface area contributed by atoms with Crippen molar-refractivity contribution < 1.29 is 19.4 Å². The number of aliphatic carboxylic acids is 1. The fourth-order valence-electron chi connectivity index (χ4n) is 2.39. The lowest BCUT2D eigenvalue weighted by atomic mass is 10.1. The molecule has 0 aliphatic heterocycles. The Kier molecular flexibility index (Phi) is 15.5. The van der Waals surface area contributed by atoms with Gasteiger partial charge in [-0.2, -0.15) is 0 Å². The molecule has 0 atom stereocenters. The number of hydrogen-bond donors (Lipinski definition) is 1. The Hall–Kier alpha value is -1.06. The van der Waals surface area contributed by atoms with Crippen LogP contribution in [0.5, 0.6) is 0 Å². The molecule has 0 amide bonds. The van der Waals surface area contributed by atoms with Gasteiger partial charge < -0.3 is 9.84 Å². The first-order chi connectivity index (χ1) is 10.7. The number of hydrogen-bond acceptors (Lipinski definition) is 3. The number of unbranched alkanes of at least 4 members (excludes halogenated alkanes) is 10. The summed E-state index contributed by atoms with van der Waals surface area (Å²) in [6, 6.07) is 0. The Morgan fingerprint density at radius 1 is 0.727 bits per heavy atom. The first-order valence-corrected chi connectivity index (χ1v) is 9.04. The van der Waals surface area contributed by atoms with Crippen molar-refractivity contribution in [3.8, 4) is 0 Å². The van der Waals surface area contributed by atoms with Crippen LogP contribution in [-0.4, -0.2) is 23.7 Å². The van der Waals surface area contributed by atoms with Crippen molar-refractivity contribution in [1.29, 1.82) is 0 Å². The zero-order valence-corrected chi connectivity index (χ0v) is 14.3. The van der Waals surface area contributed by atoms with E-state index in [-0.39, 0.29) is 12.4 Å². The minimum atomic E-state index is -0.711. The van der Waals surface area contributed by atoms with E-state index in [9.17, 15) is 9.59 Å². The first kappa shape index (κ1) is 20.9. The Balaban J connectivity index is 3.16. The van der Waals surface area contributed by atoms with Gasteiger partial charge in [0.1, 0.15) is 0 Å². The maximum atomic E-state index is 11.5. The van der Waals surface area contributed by atoms with E-state index in [1.807, 2.05) is 0 Å². The Bertz CT molecular complexity index is 276. The normalized spacial score (nSPS) is 10.6. The number of carboxylic acid groups (broad SMARTS) is 1. The lowest BCUT2D eigenvalue weighted by molar-refractivity contribution is -0.144. The summed E-state index contributed by atoms with van der Waals surface area (Å²) >= 11 is 0. The number of carboxylic acids is 1. The van der Waals surface area contributed by atoms with Gasteiger partial charge in [0.25, 0.3) is 0 Å². The van der Waals surface area contributed by atoms with Crippen molar-refractivity contribution in [2.24, 2.45) is 0 Å². The Morgan fingerprint density at radius 3 is 1.82 bits per heavy atom. The maximum Gasteiger partial charge on any atom is 0.305 e. The van der Waals surface area contributed by atoms with Crippen molar-refractivity contribution in [3.63, 3.8) is 0 Å². The molecule has 0 aromatic rings. The van der Waals surface area contributed by atoms with Crippen molar-refractivity contribution in [2.45, 2.75) is 96.8 Å². The number of carbonyl (C=O) groups excluding carboxylic acids is 1. The number of ether oxygens (including phenoxy) is 1. The predicted molar refractivity (Wildman–Crippen MR) is 88.9 cm³/mol. The number of esters is 1. The lowest BCUT2D eigenvalue weighted by Gasteiger charge is -2.05. The summed E-state index contributed by atoms with van der Waals surface area (Å²) in [6.45, 7) is 2.73. The van der Waals surface area contributed by atoms with Crippen LogP contribution in [0.1, 0.15) is 96.8 Å². The average molecular weight is 314 g/mol. The van der Waals surface area contributed by atoms with Gasteiger partial charge in [-0.1, -0.05) is 64.7 Å². The van der Waals surface area contributed by atoms with Gasteiger partial charge in [-0.25, -0.2) is 0 Å². The Morgan fingerprint density at radius 2 is 1.23 bits per heavy atom. The van der Waals surface area contributed by atoms with Crippen LogP contribution in [0.15, 0.2) is 0 Å². The molecule has 0 aromatic heterocycles. The molecule has 0 spiro atoms. The van der Waals surface area contributed by atoms with E-state index in [4.69, 9.17) is 9.84 Å². The highest BCUT2D eigenvalue weighted by Gasteiger charge is 2.02. The molecule has 0 aliphatic carbocycles. The molecule has 0 saturated heterocycles. The molecule has 0 rings (SSSR count). The third-order valence-corrected chi connectivity index (χ3v) is 3.78. The fourth-order valence-corrected chi connectivity index (χ4v) is 2.39. The number of rotatable bonds is 16. The molecule has 0 heterocycles. The topological polar surface area (TPSA) is 63.6 Å². The zero-order valence-electron chi connectivity index (χ0n) is 14.3. The Labute approximate surface area is 135 Å². The summed E-state index contributed by atoms with van der Waals surface area (Å²) < 4.78 is 5.21. The van der Waals surface area contributed by atoms with Crippen LogP contribution >= 0.6 is 0 Å². The predicted octanol–water partition coefficient (Wildman–Crippen LogP) is 5.10. The summed E-state index contributed by atoms with van der Waals surface area (Å²) in [6.07, 6.45) is 13.8. The van der Waals surface area contributed by atoms with Crippen molar-refractivity contribution in [1.82, 2.24) is 0 Å². The van der Waals surface area contributed by atoms with Gasteiger partial charge in [0, 0.05) is 12.8 Å². The second-order valence-corrected chi connectivity index (χ2v) is 6.00. The van der Waals surface area contributed by atoms with Gasteiger partial charge in [0.15, 0.2) is 0 Å². The zero-order chi connectivity index (χ0) is 16.5. The van der Waals surface area contributed by atoms with E-state index in [0.29, 0.717) is 13.0 Å². The molecule has 0 unspecified atom stereocenters. The van der Waals surface area contributed by atoms with Crippen molar-refractivity contribution in [2.75, 3.05) is 6.61 Å². The quantitative estimate of drug-likeness (QED) is 0.318. The van der Waals surface area contributed by atoms with E-state index in [1.165, 1.54) is 25.7 Å². The summed E-state index contributed by atoms with van der Waals surface area (Å²) in [5, 5.41) is 8.51. The lowest BCUT2D eigenvalue weighted by Crippen LogP contribution is -2.05. The van der Waals surface area contributed by atoms with Crippen molar-refractivity contribution >= 4 is 11.9 Å². The molecule has 0 saturated carbocycles. The molecule has 0 bridgehead atoms. The molecule has 130 valence electrons. The molecule has 0 fully saturated rings. The van der Waals surface area contributed by atoms with Gasteiger partial charge in [-0.15, -0.1) is 0 Å². The minimum Gasteiger partial charge on any atom is -0.481 e. The van der Waals surface area contributed by atoms with Crippen LogP contribution in [0.4, 0.5) is 0 Å². The van der Waals surface area contributed by atoms with Crippen LogP contribution in [0.25, 0.3) is 0 Å². The smallest absolute Gasteiger partial charge is 0.305 e. The van der Waals surface area contributed by atoms with E-state index < -0.39 is 5.97 Å². The van der Waals surface area contributed by atoms with Gasteiger partial charge in [0.05, 0.1) is 6.61 Å². The van der Waals surface area contributed by atoms with Crippen LogP contribution in [-0.2, 0) is 14.3 Å². The van der Waals surface area contributed by atoms with Gasteiger partial charge >= 0.3 is 11.9 Å². The van der Waals surface area contributed by atoms with Gasteiger partial charge in [0.2, 0.25) is 0 Å². The average Bonchev–Trinajstić information content (AvgIpc) is 2.48. The molecule has 4 heteroatoms. The largest absolute Gasteiger partial charge is 0.481 e. The van der Waals surface area contributed by atoms with Crippen LogP contribution < -0.4 is 0 Å². The van der Waals surface area contributed by atoms with Gasteiger partial charge in [-0.3, -0.25) is 9.59 Å². The maximum absolute atomic E-state index is 11.5.